The van der Waals surface area contributed by atoms with E-state index < -0.39 is 0 Å². The third-order valence-electron chi connectivity index (χ3n) is 1.54. The van der Waals surface area contributed by atoms with Crippen LogP contribution in [0.25, 0.3) is 0 Å². The van der Waals surface area contributed by atoms with E-state index in [1.54, 1.807) is 17.6 Å². The Kier molecular flexibility index (Phi) is 6.64. The van der Waals surface area contributed by atoms with Gasteiger partial charge in [-0.05, 0) is 18.2 Å². The Morgan fingerprint density at radius 3 is 2.23 bits per heavy atom. The molecule has 1 heterocycles. The summed E-state index contributed by atoms with van der Waals surface area (Å²) in [6.07, 6.45) is 1.69. The van der Waals surface area contributed by atoms with Crippen LogP contribution in [-0.2, 0) is 0 Å². The molecule has 0 saturated heterocycles. The first-order valence-corrected chi connectivity index (χ1v) is 6.15. The van der Waals surface area contributed by atoms with E-state index in [1.807, 2.05) is 7.05 Å². The Balaban J connectivity index is 0.000000671. The second-order valence-corrected chi connectivity index (χ2v) is 4.43. The fourth-order valence-corrected chi connectivity index (χ4v) is 2.15. The van der Waals surface area contributed by atoms with Gasteiger partial charge in [-0.3, -0.25) is 0 Å². The van der Waals surface area contributed by atoms with Gasteiger partial charge in [0, 0.05) is 11.9 Å². The lowest BCUT2D eigenvalue weighted by Gasteiger charge is -1.96. The number of anilines is 1. The molecule has 4 heteroatoms. The van der Waals surface area contributed by atoms with E-state index in [0.717, 1.165) is 10.0 Å². The van der Waals surface area contributed by atoms with Gasteiger partial charge in [0.25, 0.3) is 0 Å². The molecule has 1 aromatic heterocycles. The van der Waals surface area contributed by atoms with Crippen LogP contribution in [-0.4, -0.2) is 13.3 Å². The molecular weight excluding hydrogens is 222 g/mol. The molecule has 0 amide bonds. The molecule has 1 nitrogen and oxygen atoms in total. The number of nitrogens with one attached hydrogen (secondary N) is 1. The summed E-state index contributed by atoms with van der Waals surface area (Å²) >= 11 is 11.1. The van der Waals surface area contributed by atoms with Gasteiger partial charge < -0.3 is 5.32 Å². The predicted molar refractivity (Wildman–Crippen MR) is 67.9 cm³/mol. The molecule has 0 unspecified atom stereocenters. The van der Waals surface area contributed by atoms with Crippen LogP contribution in [0.15, 0.2) is 6.07 Å². The second kappa shape index (κ2) is 6.57. The van der Waals surface area contributed by atoms with E-state index in [4.69, 9.17) is 11.6 Å². The lowest BCUT2D eigenvalue weighted by molar-refractivity contribution is 0.890. The fourth-order valence-electron chi connectivity index (χ4n) is 0.842. The molecule has 1 rings (SSSR count). The summed E-state index contributed by atoms with van der Waals surface area (Å²) in [7, 11) is 1.89. The van der Waals surface area contributed by atoms with Crippen molar-refractivity contribution in [1.82, 2.24) is 0 Å². The molecule has 0 aliphatic rings. The monoisotopic (exact) mass is 237 g/mol. The maximum absolute atomic E-state index is 5.95. The normalized spacial score (nSPS) is 9.46. The minimum Gasteiger partial charge on any atom is -0.386 e. The number of thiol groups is 1. The van der Waals surface area contributed by atoms with Crippen molar-refractivity contribution in [2.75, 3.05) is 18.6 Å². The number of hydrogen-bond acceptors (Lipinski definition) is 3. The van der Waals surface area contributed by atoms with Crippen molar-refractivity contribution in [3.8, 4) is 0 Å². The molecule has 0 radical (unpaired) electrons. The Hall–Kier alpha value is 0.140. The molecule has 1 N–H and O–H groups in total. The Morgan fingerprint density at radius 1 is 1.46 bits per heavy atom. The zero-order valence-electron chi connectivity index (χ0n) is 8.39. The van der Waals surface area contributed by atoms with E-state index in [9.17, 15) is 0 Å². The number of halogens is 1. The Bertz CT molecular complexity index is 246. The first-order chi connectivity index (χ1) is 6.15. The summed E-state index contributed by atoms with van der Waals surface area (Å²) < 4.78 is 0.858. The second-order valence-electron chi connectivity index (χ2n) is 2.74. The topological polar surface area (TPSA) is 12.0 Å². The summed E-state index contributed by atoms with van der Waals surface area (Å²) in [6, 6.07) is 2.11. The molecule has 76 valence electrons. The van der Waals surface area contributed by atoms with Crippen LogP contribution >= 0.6 is 35.6 Å². The number of hydrogen-bond donors (Lipinski definition) is 2. The average Bonchev–Trinajstić information content (AvgIpc) is 2.50. The molecule has 0 bridgehead atoms. The fraction of sp³-hybridized carbons (Fsp3) is 0.556. The minimum atomic E-state index is 0.569. The lowest BCUT2D eigenvalue weighted by Crippen LogP contribution is -1.84. The molecule has 0 aliphatic carbocycles. The van der Waals surface area contributed by atoms with Gasteiger partial charge in [0.05, 0.1) is 5.69 Å². The first-order valence-electron chi connectivity index (χ1n) is 4.07. The van der Waals surface area contributed by atoms with E-state index in [-0.39, 0.29) is 0 Å². The van der Waals surface area contributed by atoms with Crippen molar-refractivity contribution in [1.29, 1.82) is 0 Å². The van der Waals surface area contributed by atoms with Crippen LogP contribution < -0.4 is 5.32 Å². The highest BCUT2D eigenvalue weighted by Gasteiger charge is 2.07. The van der Waals surface area contributed by atoms with Crippen molar-refractivity contribution in [3.05, 3.63) is 15.3 Å². The van der Waals surface area contributed by atoms with Gasteiger partial charge in [-0.25, -0.2) is 0 Å². The standard InChI is InChI=1S/C8H12ClNS.CH4S/c1-5(2)7-4-6(10-3)8(9)11-7;1-2/h4-5,10H,1-3H3;2H,1H3. The number of thiophene rings is 1. The van der Waals surface area contributed by atoms with Gasteiger partial charge in [0.15, 0.2) is 0 Å². The third-order valence-corrected chi connectivity index (χ3v) is 3.20. The first kappa shape index (κ1) is 13.1. The van der Waals surface area contributed by atoms with E-state index >= 15 is 0 Å². The highest BCUT2D eigenvalue weighted by molar-refractivity contribution is 7.79. The average molecular weight is 238 g/mol. The van der Waals surface area contributed by atoms with Crippen LogP contribution in [0.1, 0.15) is 24.6 Å². The zero-order valence-corrected chi connectivity index (χ0v) is 10.9. The van der Waals surface area contributed by atoms with Crippen molar-refractivity contribution in [3.63, 3.8) is 0 Å². The van der Waals surface area contributed by atoms with Gasteiger partial charge in [0.1, 0.15) is 4.34 Å². The molecule has 0 aliphatic heterocycles. The summed E-state index contributed by atoms with van der Waals surface area (Å²) in [4.78, 5) is 1.33. The lowest BCUT2D eigenvalue weighted by atomic mass is 10.2. The summed E-state index contributed by atoms with van der Waals surface area (Å²) in [5.74, 6) is 0.569. The molecular formula is C9H16ClNS2. The predicted octanol–water partition coefficient (Wildman–Crippen LogP) is 4.11. The largest absolute Gasteiger partial charge is 0.386 e. The van der Waals surface area contributed by atoms with Gasteiger partial charge >= 0.3 is 0 Å². The quantitative estimate of drug-likeness (QED) is 0.738. The maximum Gasteiger partial charge on any atom is 0.116 e. The molecule has 1 aromatic rings. The number of rotatable bonds is 2. The van der Waals surface area contributed by atoms with Gasteiger partial charge in [-0.2, -0.15) is 12.6 Å². The van der Waals surface area contributed by atoms with Crippen LogP contribution in [0.2, 0.25) is 4.34 Å². The highest BCUT2D eigenvalue weighted by Crippen LogP contribution is 2.35. The van der Waals surface area contributed by atoms with Crippen LogP contribution in [0, 0.1) is 0 Å². The van der Waals surface area contributed by atoms with Crippen molar-refractivity contribution >= 4 is 41.3 Å². The molecule has 0 aromatic carbocycles. The van der Waals surface area contributed by atoms with Gasteiger partial charge in [0.2, 0.25) is 0 Å². The third kappa shape index (κ3) is 3.79. The van der Waals surface area contributed by atoms with E-state index in [0.29, 0.717) is 5.92 Å². The van der Waals surface area contributed by atoms with Crippen LogP contribution in [0.3, 0.4) is 0 Å². The van der Waals surface area contributed by atoms with Crippen LogP contribution in [0.5, 0.6) is 0 Å². The van der Waals surface area contributed by atoms with Crippen molar-refractivity contribution < 1.29 is 0 Å². The SMILES string of the molecule is CNc1cc(C(C)C)sc1Cl.CS. The zero-order chi connectivity index (χ0) is 10.4. The van der Waals surface area contributed by atoms with Crippen LogP contribution in [0.4, 0.5) is 5.69 Å². The molecule has 13 heavy (non-hydrogen) atoms. The Labute approximate surface area is 94.9 Å². The highest BCUT2D eigenvalue weighted by atomic mass is 35.5. The van der Waals surface area contributed by atoms with E-state index in [2.05, 4.69) is 37.9 Å². The van der Waals surface area contributed by atoms with E-state index in [1.165, 1.54) is 4.88 Å². The van der Waals surface area contributed by atoms with Gasteiger partial charge in [-0.15, -0.1) is 11.3 Å². The van der Waals surface area contributed by atoms with Gasteiger partial charge in [-0.1, -0.05) is 25.4 Å². The van der Waals surface area contributed by atoms with Crippen molar-refractivity contribution in [2.45, 2.75) is 19.8 Å². The smallest absolute Gasteiger partial charge is 0.116 e. The van der Waals surface area contributed by atoms with Crippen molar-refractivity contribution in [2.24, 2.45) is 0 Å². The maximum atomic E-state index is 5.95. The Morgan fingerprint density at radius 2 is 2.00 bits per heavy atom. The summed E-state index contributed by atoms with van der Waals surface area (Å²) in [5, 5.41) is 3.05. The molecule has 0 fully saturated rings. The molecule has 0 atom stereocenters. The molecule has 0 spiro atoms. The minimum absolute atomic E-state index is 0.569. The molecule has 0 saturated carbocycles. The summed E-state index contributed by atoms with van der Waals surface area (Å²) in [6.45, 7) is 4.34. The summed E-state index contributed by atoms with van der Waals surface area (Å²) in [5.41, 5.74) is 1.04.